The van der Waals surface area contributed by atoms with E-state index >= 15 is 0 Å². The van der Waals surface area contributed by atoms with E-state index in [9.17, 15) is 0 Å². The van der Waals surface area contributed by atoms with Crippen molar-refractivity contribution in [2.24, 2.45) is 5.73 Å². The maximum absolute atomic E-state index is 5.47. The van der Waals surface area contributed by atoms with Crippen molar-refractivity contribution in [1.29, 1.82) is 0 Å². The van der Waals surface area contributed by atoms with E-state index in [0.29, 0.717) is 0 Å². The number of hydrogen-bond acceptors (Lipinski definition) is 1. The van der Waals surface area contributed by atoms with Crippen LogP contribution in [0.15, 0.2) is 25.3 Å². The third-order valence-corrected chi connectivity index (χ3v) is 4.37. The van der Waals surface area contributed by atoms with Crippen molar-refractivity contribution in [1.82, 2.24) is 0 Å². The molecule has 152 valence electrons. The van der Waals surface area contributed by atoms with Gasteiger partial charge in [0.15, 0.2) is 0 Å². The van der Waals surface area contributed by atoms with Crippen molar-refractivity contribution in [3.63, 3.8) is 0 Å². The predicted octanol–water partition coefficient (Wildman–Crippen LogP) is 8.53. The highest BCUT2D eigenvalue weighted by molar-refractivity contribution is 8.93. The SMILES string of the molecule is Br.C=CCCCC=C.CCCCCCCCCCCCCCCCN. The van der Waals surface area contributed by atoms with E-state index in [4.69, 9.17) is 5.73 Å². The molecule has 0 bridgehead atoms. The van der Waals surface area contributed by atoms with Crippen LogP contribution in [0.5, 0.6) is 0 Å². The van der Waals surface area contributed by atoms with Gasteiger partial charge >= 0.3 is 0 Å². The summed E-state index contributed by atoms with van der Waals surface area (Å²) in [6.07, 6.45) is 27.2. The van der Waals surface area contributed by atoms with E-state index in [1.165, 1.54) is 96.3 Å². The van der Waals surface area contributed by atoms with E-state index in [2.05, 4.69) is 20.1 Å². The van der Waals surface area contributed by atoms with Gasteiger partial charge in [0.1, 0.15) is 0 Å². The molecule has 0 amide bonds. The van der Waals surface area contributed by atoms with Gasteiger partial charge in [-0.05, 0) is 32.2 Å². The van der Waals surface area contributed by atoms with E-state index in [0.717, 1.165) is 19.4 Å². The molecule has 0 aliphatic rings. The molecule has 0 unspecified atom stereocenters. The molecule has 0 radical (unpaired) electrons. The van der Waals surface area contributed by atoms with Crippen LogP contribution in [0.2, 0.25) is 0 Å². The minimum absolute atomic E-state index is 0. The molecule has 0 aromatic carbocycles. The van der Waals surface area contributed by atoms with Crippen LogP contribution in [0.1, 0.15) is 116 Å². The third kappa shape index (κ3) is 35.8. The predicted molar refractivity (Wildman–Crippen MR) is 124 cm³/mol. The van der Waals surface area contributed by atoms with Crippen molar-refractivity contribution >= 4 is 17.0 Å². The van der Waals surface area contributed by atoms with Gasteiger partial charge in [0.05, 0.1) is 0 Å². The molecule has 0 aliphatic carbocycles. The van der Waals surface area contributed by atoms with Gasteiger partial charge < -0.3 is 5.73 Å². The van der Waals surface area contributed by atoms with Gasteiger partial charge in [-0.3, -0.25) is 0 Å². The summed E-state index contributed by atoms with van der Waals surface area (Å²) in [6, 6.07) is 0. The first kappa shape index (κ1) is 29.7. The van der Waals surface area contributed by atoms with Crippen molar-refractivity contribution in [3.05, 3.63) is 25.3 Å². The lowest BCUT2D eigenvalue weighted by molar-refractivity contribution is 0.536. The fourth-order valence-electron chi connectivity index (χ4n) is 2.75. The molecule has 1 nitrogen and oxygen atoms in total. The Morgan fingerprint density at radius 1 is 0.560 bits per heavy atom. The van der Waals surface area contributed by atoms with Crippen LogP contribution in [0.3, 0.4) is 0 Å². The van der Waals surface area contributed by atoms with Gasteiger partial charge in [-0.25, -0.2) is 0 Å². The molecule has 0 aliphatic heterocycles. The topological polar surface area (TPSA) is 26.0 Å². The summed E-state index contributed by atoms with van der Waals surface area (Å²) in [5.41, 5.74) is 5.47. The second-order valence-electron chi connectivity index (χ2n) is 6.89. The molecule has 25 heavy (non-hydrogen) atoms. The van der Waals surface area contributed by atoms with Crippen LogP contribution in [-0.2, 0) is 0 Å². The van der Waals surface area contributed by atoms with Crippen molar-refractivity contribution in [3.8, 4) is 0 Å². The summed E-state index contributed by atoms with van der Waals surface area (Å²) in [4.78, 5) is 0. The second-order valence-corrected chi connectivity index (χ2v) is 6.89. The summed E-state index contributed by atoms with van der Waals surface area (Å²) >= 11 is 0. The summed E-state index contributed by atoms with van der Waals surface area (Å²) in [5, 5.41) is 0. The first-order valence-electron chi connectivity index (χ1n) is 10.7. The molecule has 0 atom stereocenters. The first-order chi connectivity index (χ1) is 11.8. The molecule has 2 N–H and O–H groups in total. The molecule has 0 spiro atoms. The third-order valence-electron chi connectivity index (χ3n) is 4.37. The van der Waals surface area contributed by atoms with Crippen LogP contribution in [0.4, 0.5) is 0 Å². The summed E-state index contributed by atoms with van der Waals surface area (Å²) in [7, 11) is 0. The number of halogens is 1. The molecule has 0 heterocycles. The van der Waals surface area contributed by atoms with Gasteiger partial charge in [-0.2, -0.15) is 0 Å². The first-order valence-corrected chi connectivity index (χ1v) is 10.7. The second kappa shape index (κ2) is 31.7. The zero-order valence-corrected chi connectivity index (χ0v) is 19.0. The lowest BCUT2D eigenvalue weighted by atomic mass is 10.0. The number of hydrogen-bond donors (Lipinski definition) is 1. The molecular formula is C23H48BrN. The molecular weight excluding hydrogens is 370 g/mol. The smallest absolute Gasteiger partial charge is 0.00773 e. The minimum atomic E-state index is 0. The Morgan fingerprint density at radius 3 is 1.16 bits per heavy atom. The Kier molecular flexibility index (Phi) is 37.6. The van der Waals surface area contributed by atoms with Crippen molar-refractivity contribution < 1.29 is 0 Å². The van der Waals surface area contributed by atoms with E-state index in [1.807, 2.05) is 12.2 Å². The molecule has 0 rings (SSSR count). The minimum Gasteiger partial charge on any atom is -0.330 e. The van der Waals surface area contributed by atoms with Crippen molar-refractivity contribution in [2.45, 2.75) is 116 Å². The van der Waals surface area contributed by atoms with E-state index in [1.54, 1.807) is 0 Å². The lowest BCUT2D eigenvalue weighted by Gasteiger charge is -2.02. The highest BCUT2D eigenvalue weighted by atomic mass is 79.9. The molecule has 0 saturated heterocycles. The standard InChI is InChI=1S/C16H35N.C7H12.BrH/c1-2-3-4-5-6-7-8-9-10-11-12-13-14-15-16-17;1-3-5-7-6-4-2;/h2-17H2,1H3;3-4H,1-2,5-7H2;1H. The molecule has 0 aromatic rings. The van der Waals surface area contributed by atoms with Gasteiger partial charge in [-0.1, -0.05) is 103 Å². The monoisotopic (exact) mass is 417 g/mol. The highest BCUT2D eigenvalue weighted by Gasteiger charge is 1.93. The largest absolute Gasteiger partial charge is 0.330 e. The maximum atomic E-state index is 5.47. The Morgan fingerprint density at radius 2 is 0.880 bits per heavy atom. The van der Waals surface area contributed by atoms with Gasteiger partial charge in [0, 0.05) is 0 Å². The number of unbranched alkanes of at least 4 members (excludes halogenated alkanes) is 15. The lowest BCUT2D eigenvalue weighted by Crippen LogP contribution is -1.97. The molecule has 0 aromatic heterocycles. The Balaban J connectivity index is -0.000000513. The number of allylic oxidation sites excluding steroid dienone is 2. The average molecular weight is 419 g/mol. The average Bonchev–Trinajstić information content (AvgIpc) is 2.60. The summed E-state index contributed by atoms with van der Waals surface area (Å²) in [5.74, 6) is 0. The van der Waals surface area contributed by atoms with Crippen LogP contribution in [-0.4, -0.2) is 6.54 Å². The quantitative estimate of drug-likeness (QED) is 0.175. The van der Waals surface area contributed by atoms with E-state index < -0.39 is 0 Å². The fourth-order valence-corrected chi connectivity index (χ4v) is 2.75. The maximum Gasteiger partial charge on any atom is -0.00773 e. The van der Waals surface area contributed by atoms with Gasteiger partial charge in [0.2, 0.25) is 0 Å². The van der Waals surface area contributed by atoms with Crippen LogP contribution in [0, 0.1) is 0 Å². The molecule has 2 heteroatoms. The van der Waals surface area contributed by atoms with Crippen LogP contribution >= 0.6 is 17.0 Å². The zero-order valence-electron chi connectivity index (χ0n) is 17.3. The van der Waals surface area contributed by atoms with Gasteiger partial charge in [-0.15, -0.1) is 30.1 Å². The molecule has 0 saturated carbocycles. The van der Waals surface area contributed by atoms with Crippen molar-refractivity contribution in [2.75, 3.05) is 6.54 Å². The molecule has 0 fully saturated rings. The zero-order chi connectivity index (χ0) is 18.1. The van der Waals surface area contributed by atoms with Crippen LogP contribution < -0.4 is 5.73 Å². The Labute approximate surface area is 170 Å². The number of nitrogens with two attached hydrogens (primary N) is 1. The van der Waals surface area contributed by atoms with Crippen LogP contribution in [0.25, 0.3) is 0 Å². The Hall–Kier alpha value is -0.0800. The highest BCUT2D eigenvalue weighted by Crippen LogP contribution is 2.12. The summed E-state index contributed by atoms with van der Waals surface area (Å²) < 4.78 is 0. The normalized spacial score (nSPS) is 9.68. The number of rotatable bonds is 18. The fraction of sp³-hybridized carbons (Fsp3) is 0.826. The van der Waals surface area contributed by atoms with E-state index in [-0.39, 0.29) is 17.0 Å². The summed E-state index contributed by atoms with van der Waals surface area (Å²) in [6.45, 7) is 10.4. The Bertz CT molecular complexity index is 206. The van der Waals surface area contributed by atoms with Gasteiger partial charge in [0.25, 0.3) is 0 Å².